The highest BCUT2D eigenvalue weighted by molar-refractivity contribution is 7.99. The average molecular weight is 382 g/mol. The van der Waals surface area contributed by atoms with Crippen molar-refractivity contribution in [2.75, 3.05) is 34.1 Å². The first-order chi connectivity index (χ1) is 12.0. The van der Waals surface area contributed by atoms with Crippen molar-refractivity contribution in [2.24, 2.45) is 0 Å². The standard InChI is InChI=1S/C19H27NO3S2/c1-6-19(20(2)3,17-8-7-10-25-17)9-11-24-14-12-15(22-4)18(21)16(13-14)23-5/h7-8,10,12-13,21H,6,9,11H2,1-5H3. The van der Waals surface area contributed by atoms with Crippen LogP contribution in [0.15, 0.2) is 34.5 Å². The number of rotatable bonds is 9. The van der Waals surface area contributed by atoms with Crippen LogP contribution < -0.4 is 9.47 Å². The molecule has 4 nitrogen and oxygen atoms in total. The SMILES string of the molecule is CCC(CCSc1cc(OC)c(O)c(OC)c1)(c1cccs1)N(C)C. The van der Waals surface area contributed by atoms with E-state index in [2.05, 4.69) is 43.4 Å². The van der Waals surface area contributed by atoms with Crippen molar-refractivity contribution in [1.29, 1.82) is 0 Å². The summed E-state index contributed by atoms with van der Waals surface area (Å²) >= 11 is 3.57. The second-order valence-corrected chi connectivity index (χ2v) is 8.15. The monoisotopic (exact) mass is 381 g/mol. The normalized spacial score (nSPS) is 13.7. The second kappa shape index (κ2) is 8.83. The van der Waals surface area contributed by atoms with Crippen LogP contribution in [0.2, 0.25) is 0 Å². The van der Waals surface area contributed by atoms with Crippen LogP contribution in [-0.2, 0) is 5.54 Å². The van der Waals surface area contributed by atoms with Crippen LogP contribution in [0.3, 0.4) is 0 Å². The summed E-state index contributed by atoms with van der Waals surface area (Å²) in [5.41, 5.74) is 0.0479. The van der Waals surface area contributed by atoms with Crippen LogP contribution in [0.1, 0.15) is 24.6 Å². The Morgan fingerprint density at radius 3 is 2.28 bits per heavy atom. The molecular formula is C19H27NO3S2. The Balaban J connectivity index is 2.15. The zero-order valence-electron chi connectivity index (χ0n) is 15.5. The molecule has 0 aliphatic rings. The minimum Gasteiger partial charge on any atom is -0.502 e. The van der Waals surface area contributed by atoms with E-state index in [1.165, 1.54) is 4.88 Å². The molecule has 0 aliphatic heterocycles. The number of thiophene rings is 1. The van der Waals surface area contributed by atoms with E-state index >= 15 is 0 Å². The van der Waals surface area contributed by atoms with Crippen molar-refractivity contribution in [2.45, 2.75) is 30.2 Å². The second-order valence-electron chi connectivity index (χ2n) is 6.03. The van der Waals surface area contributed by atoms with Crippen LogP contribution in [0.25, 0.3) is 0 Å². The summed E-state index contributed by atoms with van der Waals surface area (Å²) in [5, 5.41) is 12.2. The lowest BCUT2D eigenvalue weighted by molar-refractivity contribution is 0.144. The van der Waals surface area contributed by atoms with E-state index in [1.54, 1.807) is 26.0 Å². The summed E-state index contributed by atoms with van der Waals surface area (Å²) in [7, 11) is 7.41. The fourth-order valence-corrected chi connectivity index (χ4v) is 5.23. The predicted octanol–water partition coefficient (Wildman–Crippen LogP) is 4.82. The molecular weight excluding hydrogens is 354 g/mol. The third kappa shape index (κ3) is 4.25. The van der Waals surface area contributed by atoms with Gasteiger partial charge >= 0.3 is 0 Å². The van der Waals surface area contributed by atoms with E-state index < -0.39 is 0 Å². The van der Waals surface area contributed by atoms with Crippen LogP contribution in [0.4, 0.5) is 0 Å². The van der Waals surface area contributed by atoms with Crippen molar-refractivity contribution in [3.05, 3.63) is 34.5 Å². The smallest absolute Gasteiger partial charge is 0.200 e. The average Bonchev–Trinajstić information content (AvgIpc) is 3.14. The number of benzene rings is 1. The highest BCUT2D eigenvalue weighted by Crippen LogP contribution is 2.42. The van der Waals surface area contributed by atoms with Crippen LogP contribution in [-0.4, -0.2) is 44.1 Å². The zero-order valence-corrected chi connectivity index (χ0v) is 17.2. The third-order valence-corrected chi connectivity index (χ3v) is 6.70. The van der Waals surface area contributed by atoms with Gasteiger partial charge in [0.05, 0.1) is 19.8 Å². The van der Waals surface area contributed by atoms with Gasteiger partial charge in [0.15, 0.2) is 11.5 Å². The lowest BCUT2D eigenvalue weighted by atomic mass is 9.89. The van der Waals surface area contributed by atoms with Crippen molar-refractivity contribution in [1.82, 2.24) is 4.90 Å². The molecule has 0 aliphatic carbocycles. The number of hydrogen-bond donors (Lipinski definition) is 1. The molecule has 0 radical (unpaired) electrons. The van der Waals surface area contributed by atoms with Crippen molar-refractivity contribution in [3.63, 3.8) is 0 Å². The Morgan fingerprint density at radius 1 is 1.20 bits per heavy atom. The number of hydrogen-bond acceptors (Lipinski definition) is 6. The Hall–Kier alpha value is -1.37. The molecule has 2 rings (SSSR count). The first-order valence-corrected chi connectivity index (χ1v) is 10.1. The largest absolute Gasteiger partial charge is 0.502 e. The molecule has 1 atom stereocenters. The topological polar surface area (TPSA) is 41.9 Å². The summed E-state index contributed by atoms with van der Waals surface area (Å²) in [6, 6.07) is 8.07. The fourth-order valence-electron chi connectivity index (χ4n) is 3.07. The fraction of sp³-hybridized carbons (Fsp3) is 0.474. The van der Waals surface area contributed by atoms with E-state index in [9.17, 15) is 5.11 Å². The summed E-state index contributed by atoms with van der Waals surface area (Å²) in [4.78, 5) is 4.76. The Bertz CT molecular complexity index is 648. The Kier molecular flexibility index (Phi) is 7.04. The van der Waals surface area contributed by atoms with E-state index in [1.807, 2.05) is 23.5 Å². The van der Waals surface area contributed by atoms with Gasteiger partial charge in [-0.15, -0.1) is 23.1 Å². The molecule has 1 heterocycles. The van der Waals surface area contributed by atoms with Crippen LogP contribution >= 0.6 is 23.1 Å². The van der Waals surface area contributed by atoms with Gasteiger partial charge in [0.2, 0.25) is 5.75 Å². The van der Waals surface area contributed by atoms with Gasteiger partial charge in [-0.05, 0) is 50.5 Å². The molecule has 1 aromatic carbocycles. The molecule has 0 bridgehead atoms. The van der Waals surface area contributed by atoms with Gasteiger partial charge in [-0.25, -0.2) is 0 Å². The van der Waals surface area contributed by atoms with Gasteiger partial charge in [0.25, 0.3) is 0 Å². The van der Waals surface area contributed by atoms with Gasteiger partial charge in [-0.3, -0.25) is 4.90 Å². The van der Waals surface area contributed by atoms with E-state index in [0.717, 1.165) is 23.5 Å². The summed E-state index contributed by atoms with van der Waals surface area (Å²) < 4.78 is 10.5. The van der Waals surface area contributed by atoms with Gasteiger partial charge < -0.3 is 14.6 Å². The first-order valence-electron chi connectivity index (χ1n) is 8.27. The molecule has 0 spiro atoms. The third-order valence-electron chi connectivity index (χ3n) is 4.66. The Morgan fingerprint density at radius 2 is 1.84 bits per heavy atom. The maximum Gasteiger partial charge on any atom is 0.200 e. The summed E-state index contributed by atoms with van der Waals surface area (Å²) in [6.45, 7) is 2.25. The molecule has 0 fully saturated rings. The number of phenolic OH excluding ortho intramolecular Hbond substituents is 1. The van der Waals surface area contributed by atoms with E-state index in [4.69, 9.17) is 9.47 Å². The molecule has 138 valence electrons. The van der Waals surface area contributed by atoms with Crippen molar-refractivity contribution >= 4 is 23.1 Å². The highest BCUT2D eigenvalue weighted by atomic mass is 32.2. The summed E-state index contributed by atoms with van der Waals surface area (Å²) in [5.74, 6) is 1.88. The van der Waals surface area contributed by atoms with Crippen LogP contribution in [0.5, 0.6) is 17.2 Å². The molecule has 1 unspecified atom stereocenters. The zero-order chi connectivity index (χ0) is 18.4. The molecule has 1 N–H and O–H groups in total. The molecule has 25 heavy (non-hydrogen) atoms. The van der Waals surface area contributed by atoms with Crippen molar-refractivity contribution in [3.8, 4) is 17.2 Å². The van der Waals surface area contributed by atoms with Crippen molar-refractivity contribution < 1.29 is 14.6 Å². The maximum absolute atomic E-state index is 10.0. The number of methoxy groups -OCH3 is 2. The molecule has 0 saturated carbocycles. The van der Waals surface area contributed by atoms with Gasteiger partial charge in [0, 0.05) is 15.5 Å². The maximum atomic E-state index is 10.0. The van der Waals surface area contributed by atoms with Crippen LogP contribution in [0, 0.1) is 0 Å². The number of thioether (sulfide) groups is 1. The molecule has 6 heteroatoms. The number of ether oxygens (including phenoxy) is 2. The molecule has 0 saturated heterocycles. The van der Waals surface area contributed by atoms with Gasteiger partial charge in [0.1, 0.15) is 0 Å². The summed E-state index contributed by atoms with van der Waals surface area (Å²) in [6.07, 6.45) is 2.09. The Labute approximate surface area is 158 Å². The first kappa shape index (κ1) is 19.9. The predicted molar refractivity (Wildman–Crippen MR) is 107 cm³/mol. The van der Waals surface area contributed by atoms with E-state index in [-0.39, 0.29) is 11.3 Å². The quantitative estimate of drug-likeness (QED) is 0.631. The van der Waals surface area contributed by atoms with E-state index in [0.29, 0.717) is 11.5 Å². The number of phenols is 1. The lowest BCUT2D eigenvalue weighted by Crippen LogP contribution is -2.40. The minimum absolute atomic E-state index is 0.0455. The minimum atomic E-state index is 0.0455. The lowest BCUT2D eigenvalue weighted by Gasteiger charge is -2.39. The van der Waals surface area contributed by atoms with Gasteiger partial charge in [-0.1, -0.05) is 13.0 Å². The molecule has 2 aromatic rings. The molecule has 1 aromatic heterocycles. The molecule has 0 amide bonds. The highest BCUT2D eigenvalue weighted by Gasteiger charge is 2.33. The number of aromatic hydroxyl groups is 1. The number of nitrogens with zero attached hydrogens (tertiary/aromatic N) is 1. The van der Waals surface area contributed by atoms with Gasteiger partial charge in [-0.2, -0.15) is 0 Å².